The van der Waals surface area contributed by atoms with Crippen molar-refractivity contribution in [2.75, 3.05) is 0 Å². The van der Waals surface area contributed by atoms with Crippen molar-refractivity contribution >= 4 is 5.97 Å². The summed E-state index contributed by atoms with van der Waals surface area (Å²) in [4.78, 5) is 10.9. The zero-order valence-corrected chi connectivity index (χ0v) is 10.0. The van der Waals surface area contributed by atoms with Gasteiger partial charge in [0.2, 0.25) is 0 Å². The van der Waals surface area contributed by atoms with Crippen LogP contribution < -0.4 is 5.73 Å². The Bertz CT molecular complexity index is 234. The summed E-state index contributed by atoms with van der Waals surface area (Å²) in [5.41, 5.74) is 5.58. The van der Waals surface area contributed by atoms with Crippen LogP contribution in [-0.4, -0.2) is 16.6 Å². The van der Waals surface area contributed by atoms with Gasteiger partial charge in [0.25, 0.3) is 0 Å². The largest absolute Gasteiger partial charge is 0.481 e. The molecule has 0 aliphatic heterocycles. The van der Waals surface area contributed by atoms with E-state index in [-0.39, 0.29) is 11.8 Å². The third-order valence-corrected chi connectivity index (χ3v) is 4.09. The van der Waals surface area contributed by atoms with Crippen LogP contribution >= 0.6 is 0 Å². The molecule has 0 aromatic carbocycles. The number of carboxylic acids is 1. The van der Waals surface area contributed by atoms with Crippen molar-refractivity contribution in [3.05, 3.63) is 0 Å². The van der Waals surface area contributed by atoms with E-state index in [1.165, 1.54) is 0 Å². The van der Waals surface area contributed by atoms with Crippen molar-refractivity contribution in [1.82, 2.24) is 0 Å². The van der Waals surface area contributed by atoms with Crippen LogP contribution in [0, 0.1) is 11.3 Å². The molecule has 88 valence electrons. The summed E-state index contributed by atoms with van der Waals surface area (Å²) in [5.74, 6) is -0.00246. The van der Waals surface area contributed by atoms with Crippen molar-refractivity contribution in [3.8, 4) is 0 Å². The van der Waals surface area contributed by atoms with E-state index in [4.69, 9.17) is 10.8 Å². The predicted molar refractivity (Wildman–Crippen MR) is 60.6 cm³/mol. The molecule has 15 heavy (non-hydrogen) atoms. The fourth-order valence-electron chi connectivity index (χ4n) is 2.65. The van der Waals surface area contributed by atoms with E-state index in [0.717, 1.165) is 25.7 Å². The number of rotatable bonds is 3. The molecule has 0 unspecified atom stereocenters. The van der Waals surface area contributed by atoms with Gasteiger partial charge in [-0.2, -0.15) is 0 Å². The molecular formula is C12H23NO2. The Hall–Kier alpha value is -0.570. The number of aliphatic carboxylic acids is 1. The molecule has 0 aromatic heterocycles. The fourth-order valence-corrected chi connectivity index (χ4v) is 2.65. The quantitative estimate of drug-likeness (QED) is 0.756. The molecule has 0 radical (unpaired) electrons. The smallest absolute Gasteiger partial charge is 0.303 e. The van der Waals surface area contributed by atoms with E-state index >= 15 is 0 Å². The Balaban J connectivity index is 2.83. The van der Waals surface area contributed by atoms with Gasteiger partial charge in [-0.05, 0) is 38.0 Å². The van der Waals surface area contributed by atoms with E-state index < -0.39 is 11.5 Å². The molecule has 0 atom stereocenters. The van der Waals surface area contributed by atoms with Gasteiger partial charge in [-0.25, -0.2) is 0 Å². The highest BCUT2D eigenvalue weighted by Gasteiger charge is 2.45. The Morgan fingerprint density at radius 1 is 1.47 bits per heavy atom. The molecule has 1 fully saturated rings. The second-order valence-electron chi connectivity index (χ2n) is 5.76. The lowest BCUT2D eigenvalue weighted by molar-refractivity contribution is -0.142. The molecule has 1 rings (SSSR count). The Labute approximate surface area is 92.0 Å². The minimum Gasteiger partial charge on any atom is -0.481 e. The number of carboxylic acid groups (broad SMARTS) is 1. The summed E-state index contributed by atoms with van der Waals surface area (Å²) in [7, 11) is 0. The normalized spacial score (nSPS) is 32.7. The third-order valence-electron chi connectivity index (χ3n) is 4.09. The molecule has 1 aliphatic carbocycles. The van der Waals surface area contributed by atoms with Crippen molar-refractivity contribution in [3.63, 3.8) is 0 Å². The van der Waals surface area contributed by atoms with Crippen LogP contribution in [0.15, 0.2) is 0 Å². The van der Waals surface area contributed by atoms with Crippen molar-refractivity contribution < 1.29 is 9.90 Å². The predicted octanol–water partition coefficient (Wildman–Crippen LogP) is 2.39. The van der Waals surface area contributed by atoms with Crippen LogP contribution in [0.2, 0.25) is 0 Å². The monoisotopic (exact) mass is 213 g/mol. The van der Waals surface area contributed by atoms with Gasteiger partial charge < -0.3 is 10.8 Å². The fraction of sp³-hybridized carbons (Fsp3) is 0.917. The first-order chi connectivity index (χ1) is 6.77. The Kier molecular flexibility index (Phi) is 3.44. The minimum atomic E-state index is -0.719. The zero-order valence-electron chi connectivity index (χ0n) is 10.0. The molecular weight excluding hydrogens is 190 g/mol. The molecule has 0 saturated heterocycles. The summed E-state index contributed by atoms with van der Waals surface area (Å²) >= 11 is 0. The molecule has 0 bridgehead atoms. The van der Waals surface area contributed by atoms with E-state index in [1.807, 2.05) is 13.8 Å². The second-order valence-corrected chi connectivity index (χ2v) is 5.76. The van der Waals surface area contributed by atoms with Crippen LogP contribution in [0.4, 0.5) is 0 Å². The summed E-state index contributed by atoms with van der Waals surface area (Å²) in [6, 6.07) is 0. The molecule has 3 heteroatoms. The molecule has 1 saturated carbocycles. The SMILES string of the molecule is CC1CCC(CC(=O)O)(C(C)(C)N)CC1. The van der Waals surface area contributed by atoms with E-state index in [1.54, 1.807) is 0 Å². The molecule has 3 nitrogen and oxygen atoms in total. The van der Waals surface area contributed by atoms with Crippen molar-refractivity contribution in [1.29, 1.82) is 0 Å². The van der Waals surface area contributed by atoms with Gasteiger partial charge in [0.15, 0.2) is 0 Å². The molecule has 1 aliphatic rings. The Morgan fingerprint density at radius 2 is 1.93 bits per heavy atom. The first-order valence-electron chi connectivity index (χ1n) is 5.77. The highest BCUT2D eigenvalue weighted by Crippen LogP contribution is 2.47. The summed E-state index contributed by atoms with van der Waals surface area (Å²) in [6.07, 6.45) is 4.32. The summed E-state index contributed by atoms with van der Waals surface area (Å²) in [6.45, 7) is 6.16. The van der Waals surface area contributed by atoms with E-state index in [2.05, 4.69) is 6.92 Å². The molecule has 0 amide bonds. The molecule has 3 N–H and O–H groups in total. The average Bonchev–Trinajstić information content (AvgIpc) is 2.06. The third kappa shape index (κ3) is 2.71. The lowest BCUT2D eigenvalue weighted by Gasteiger charge is -2.47. The van der Waals surface area contributed by atoms with Gasteiger partial charge in [0, 0.05) is 5.54 Å². The maximum absolute atomic E-state index is 10.9. The van der Waals surface area contributed by atoms with Gasteiger partial charge >= 0.3 is 5.97 Å². The maximum Gasteiger partial charge on any atom is 0.303 e. The molecule has 0 spiro atoms. The van der Waals surface area contributed by atoms with E-state index in [9.17, 15) is 4.79 Å². The van der Waals surface area contributed by atoms with E-state index in [0.29, 0.717) is 5.92 Å². The maximum atomic E-state index is 10.9. The lowest BCUT2D eigenvalue weighted by atomic mass is 9.60. The lowest BCUT2D eigenvalue weighted by Crippen LogP contribution is -2.53. The van der Waals surface area contributed by atoms with Crippen LogP contribution in [0.1, 0.15) is 52.9 Å². The molecule has 0 heterocycles. The number of hydrogen-bond acceptors (Lipinski definition) is 2. The number of carbonyl (C=O) groups is 1. The van der Waals surface area contributed by atoms with Gasteiger partial charge in [-0.15, -0.1) is 0 Å². The van der Waals surface area contributed by atoms with Crippen LogP contribution in [0.3, 0.4) is 0 Å². The standard InChI is InChI=1S/C12H23NO2/c1-9-4-6-12(7-5-9,8-10(14)15)11(2,3)13/h9H,4-8,13H2,1-3H3,(H,14,15). The highest BCUT2D eigenvalue weighted by molar-refractivity contribution is 5.68. The van der Waals surface area contributed by atoms with Gasteiger partial charge in [0.1, 0.15) is 0 Å². The first-order valence-corrected chi connectivity index (χ1v) is 5.77. The number of hydrogen-bond donors (Lipinski definition) is 2. The second kappa shape index (κ2) is 4.12. The summed E-state index contributed by atoms with van der Waals surface area (Å²) < 4.78 is 0. The van der Waals surface area contributed by atoms with Gasteiger partial charge in [-0.3, -0.25) is 4.79 Å². The van der Waals surface area contributed by atoms with Crippen molar-refractivity contribution in [2.24, 2.45) is 17.1 Å². The topological polar surface area (TPSA) is 63.3 Å². The first kappa shape index (κ1) is 12.5. The summed E-state index contributed by atoms with van der Waals surface area (Å²) in [5, 5.41) is 9.00. The van der Waals surface area contributed by atoms with Crippen LogP contribution in [0.25, 0.3) is 0 Å². The van der Waals surface area contributed by atoms with Crippen LogP contribution in [0.5, 0.6) is 0 Å². The van der Waals surface area contributed by atoms with Gasteiger partial charge in [0.05, 0.1) is 6.42 Å². The van der Waals surface area contributed by atoms with Gasteiger partial charge in [-0.1, -0.05) is 19.8 Å². The average molecular weight is 213 g/mol. The highest BCUT2D eigenvalue weighted by atomic mass is 16.4. The zero-order chi connectivity index (χ0) is 11.7. The minimum absolute atomic E-state index is 0.203. The molecule has 0 aromatic rings. The van der Waals surface area contributed by atoms with Crippen molar-refractivity contribution in [2.45, 2.75) is 58.4 Å². The van der Waals surface area contributed by atoms with Crippen LogP contribution in [-0.2, 0) is 4.79 Å². The number of nitrogens with two attached hydrogens (primary N) is 1. The Morgan fingerprint density at radius 3 is 2.27 bits per heavy atom.